The molecule has 1 aliphatic heterocycles. The van der Waals surface area contributed by atoms with Crippen LogP contribution in [0.15, 0.2) is 57.7 Å². The van der Waals surface area contributed by atoms with Crippen molar-refractivity contribution < 1.29 is 40.5 Å². The zero-order valence-electron chi connectivity index (χ0n) is 50.4. The second kappa shape index (κ2) is 22.7. The van der Waals surface area contributed by atoms with Gasteiger partial charge >= 0.3 is 0 Å². The molecule has 16 heteroatoms. The Labute approximate surface area is 502 Å². The number of carbonyl (C=O) groups excluding carboxylic acids is 1. The summed E-state index contributed by atoms with van der Waals surface area (Å²) >= 11 is 0. The number of aliphatic imine (C=N–C) groups is 1. The van der Waals surface area contributed by atoms with E-state index in [0.717, 1.165) is 95.6 Å². The first kappa shape index (κ1) is 59.7. The highest BCUT2D eigenvalue weighted by molar-refractivity contribution is 8.77. The molecule has 2 heterocycles. The van der Waals surface area contributed by atoms with Gasteiger partial charge < -0.3 is 56.7 Å². The first-order chi connectivity index (χ1) is 39.9. The Kier molecular flexibility index (Phi) is 16.3. The molecule has 0 amide bonds. The van der Waals surface area contributed by atoms with E-state index in [-0.39, 0.29) is 96.2 Å². The molecule has 20 unspecified atom stereocenters. The zero-order valence-corrected chi connectivity index (χ0v) is 52.0. The fraction of sp³-hybridized carbons (Fsp3) is 0.836. The summed E-state index contributed by atoms with van der Waals surface area (Å²) in [6.07, 6.45) is 26.5. The van der Waals surface area contributed by atoms with Gasteiger partial charge in [-0.05, 0) is 199 Å². The maximum Gasteiger partial charge on any atom is 0.190 e. The van der Waals surface area contributed by atoms with Gasteiger partial charge in [-0.25, -0.2) is 4.98 Å². The minimum Gasteiger partial charge on any atom is -0.396 e. The van der Waals surface area contributed by atoms with E-state index in [9.17, 15) is 30.6 Å². The lowest BCUT2D eigenvalue weighted by molar-refractivity contribution is -0.214. The highest BCUT2D eigenvalue weighted by Gasteiger charge is 2.79. The topological polar surface area (TPSA) is 239 Å². The average molecular weight is 1180 g/mol. The van der Waals surface area contributed by atoms with Crippen molar-refractivity contribution in [3.05, 3.63) is 52.7 Å². The van der Waals surface area contributed by atoms with E-state index in [4.69, 9.17) is 10.7 Å². The molecule has 460 valence electrons. The van der Waals surface area contributed by atoms with Crippen LogP contribution < -0.4 is 16.4 Å². The molecule has 13 rings (SSSR count). The zero-order chi connectivity index (χ0) is 58.0. The van der Waals surface area contributed by atoms with Crippen molar-refractivity contribution in [2.75, 3.05) is 39.1 Å². The molecule has 83 heavy (non-hydrogen) atoms. The van der Waals surface area contributed by atoms with Crippen molar-refractivity contribution in [2.45, 2.75) is 216 Å². The molecular formula is C67H102N6O8S2. The van der Waals surface area contributed by atoms with Crippen LogP contribution in [0.4, 0.5) is 0 Å². The van der Waals surface area contributed by atoms with Crippen LogP contribution in [0.1, 0.15) is 181 Å². The minimum atomic E-state index is -1.76. The summed E-state index contributed by atoms with van der Waals surface area (Å²) in [7, 11) is 5.68. The van der Waals surface area contributed by atoms with Crippen molar-refractivity contribution in [3.8, 4) is 0 Å². The molecule has 1 aromatic heterocycles. The Hall–Kier alpha value is -2.25. The molecule has 9 fully saturated rings. The molecule has 14 nitrogen and oxygen atoms in total. The number of hydrogen-bond acceptors (Lipinski definition) is 13. The van der Waals surface area contributed by atoms with Gasteiger partial charge in [0.15, 0.2) is 11.7 Å². The lowest BCUT2D eigenvalue weighted by atomic mass is 9.37. The number of ketones is 1. The number of nitrogens with two attached hydrogens (primary N) is 1. The van der Waals surface area contributed by atoms with Gasteiger partial charge in [-0.1, -0.05) is 96.3 Å². The van der Waals surface area contributed by atoms with Crippen LogP contribution in [-0.2, 0) is 4.79 Å². The van der Waals surface area contributed by atoms with Gasteiger partial charge in [-0.3, -0.25) is 9.79 Å². The number of imidazole rings is 1. The van der Waals surface area contributed by atoms with Crippen LogP contribution in [0.2, 0.25) is 0 Å². The Bertz CT molecular complexity index is 2700. The molecule has 11 aliphatic carbocycles. The summed E-state index contributed by atoms with van der Waals surface area (Å²) < 4.78 is 1.73. The van der Waals surface area contributed by atoms with Gasteiger partial charge in [0.2, 0.25) is 0 Å². The predicted molar refractivity (Wildman–Crippen MR) is 327 cm³/mol. The third-order valence-corrected chi connectivity index (χ3v) is 29.8. The SMILES string of the molecule is CNCC1C(O)C(O)CC2(C3CCCCC3)C3C(=CC(=O)C12)C1(O)C2CC(C4CC5CCCC6=C5C(C(=C5CCCC7(CCCC7)C65)C(C)(C)CC(n5ccnc5)CSSC25CCCC5CCO)C4O)C1(CO)CC3CN=C(N)NC(C)O. The molecule has 4 bridgehead atoms. The van der Waals surface area contributed by atoms with Crippen molar-refractivity contribution in [3.63, 3.8) is 0 Å². The monoisotopic (exact) mass is 1180 g/mol. The number of nitrogens with one attached hydrogen (secondary N) is 2. The smallest absolute Gasteiger partial charge is 0.190 e. The number of carbonyl (C=O) groups is 1. The van der Waals surface area contributed by atoms with Gasteiger partial charge in [-0.15, -0.1) is 0 Å². The average Bonchev–Trinajstić information content (AvgIpc) is 1.72. The molecule has 1 aromatic rings. The number of allylic oxidation sites excluding steroid dienone is 3. The van der Waals surface area contributed by atoms with Crippen molar-refractivity contribution in [2.24, 2.45) is 103 Å². The highest BCUT2D eigenvalue weighted by atomic mass is 33.1. The van der Waals surface area contributed by atoms with E-state index < -0.39 is 69.4 Å². The van der Waals surface area contributed by atoms with Crippen molar-refractivity contribution in [1.29, 1.82) is 0 Å². The van der Waals surface area contributed by atoms with Crippen LogP contribution in [0.3, 0.4) is 0 Å². The summed E-state index contributed by atoms with van der Waals surface area (Å²) in [6.45, 7) is 6.79. The van der Waals surface area contributed by atoms with Crippen molar-refractivity contribution in [1.82, 2.24) is 20.2 Å². The minimum absolute atomic E-state index is 0.00565. The molecular weight excluding hydrogens is 1080 g/mol. The number of aliphatic hydroxyl groups excluding tert-OH is 6. The first-order valence-corrected chi connectivity index (χ1v) is 35.6. The summed E-state index contributed by atoms with van der Waals surface area (Å²) in [4.78, 5) is 26.1. The van der Waals surface area contributed by atoms with E-state index in [1.165, 1.54) is 44.1 Å². The summed E-state index contributed by atoms with van der Waals surface area (Å²) in [5, 5.41) is 96.4. The second-order valence-corrected chi connectivity index (χ2v) is 33.0. The molecule has 0 aromatic carbocycles. The lowest BCUT2D eigenvalue weighted by Gasteiger charge is -2.68. The molecule has 0 radical (unpaired) electrons. The number of aromatic nitrogens is 2. The van der Waals surface area contributed by atoms with Gasteiger partial charge in [-0.2, -0.15) is 0 Å². The molecule has 8 saturated carbocycles. The fourth-order valence-electron chi connectivity index (χ4n) is 24.0. The second-order valence-electron chi connectivity index (χ2n) is 30.3. The van der Waals surface area contributed by atoms with Gasteiger partial charge in [0.25, 0.3) is 0 Å². The highest BCUT2D eigenvalue weighted by Crippen LogP contribution is 2.79. The molecule has 1 saturated heterocycles. The largest absolute Gasteiger partial charge is 0.396 e. The Balaban J connectivity index is 1.07. The first-order valence-electron chi connectivity index (χ1n) is 33.3. The fourth-order valence-corrected chi connectivity index (χ4v) is 28.0. The Morgan fingerprint density at radius 2 is 1.69 bits per heavy atom. The van der Waals surface area contributed by atoms with Gasteiger partial charge in [0.05, 0.1) is 36.8 Å². The van der Waals surface area contributed by atoms with Gasteiger partial charge in [0.1, 0.15) is 6.23 Å². The molecule has 2 spiro atoms. The van der Waals surface area contributed by atoms with E-state index in [0.29, 0.717) is 37.3 Å². The number of guanidine groups is 1. The summed E-state index contributed by atoms with van der Waals surface area (Å²) in [5.41, 5.74) is 9.78. The maximum atomic E-state index is 16.3. The van der Waals surface area contributed by atoms with Crippen LogP contribution in [-0.4, -0.2) is 131 Å². The lowest BCUT2D eigenvalue weighted by Crippen LogP contribution is -2.71. The number of aliphatic hydroxyl groups is 7. The van der Waals surface area contributed by atoms with Crippen LogP contribution in [0.25, 0.3) is 0 Å². The molecule has 20 atom stereocenters. The molecule has 12 aliphatic rings. The molecule has 11 N–H and O–H groups in total. The normalized spacial score (nSPS) is 45.3. The number of nitrogens with zero attached hydrogens (tertiary/aromatic N) is 3. The van der Waals surface area contributed by atoms with Crippen LogP contribution in [0, 0.1) is 92.7 Å². The Morgan fingerprint density at radius 1 is 0.916 bits per heavy atom. The third kappa shape index (κ3) is 9.05. The number of rotatable bonds is 10. The predicted octanol–water partition coefficient (Wildman–Crippen LogP) is 8.80. The van der Waals surface area contributed by atoms with E-state index in [2.05, 4.69) is 40.2 Å². The number of fused-ring (bicyclic) bond motifs is 15. The quantitative estimate of drug-likeness (QED) is 0.0347. The summed E-state index contributed by atoms with van der Waals surface area (Å²) in [5.74, 6) is -1.97. The Morgan fingerprint density at radius 3 is 2.41 bits per heavy atom. The third-order valence-electron chi connectivity index (χ3n) is 26.3. The van der Waals surface area contributed by atoms with Gasteiger partial charge in [0, 0.05) is 83.6 Å². The van der Waals surface area contributed by atoms with Crippen molar-refractivity contribution >= 4 is 33.3 Å². The standard InChI is InChI=1S/C67H102N6O8S2/c1-38(76)72-61(68)71-33-40-30-64(36-75)48-29-52(67(64,81)49-28-50(77)57-47(34-69-4)59(79)51(78)32-65(57,55(40)49)41-14-6-5-7-15-41)66(23-11-16-42(66)19-26-74)83-82-35-43(73-25-24-70-37-73)31-62(2,3)58-45-18-12-22-63(20-8-9-21-63)56(45)44-17-10-13-39-27-46(48)60(80)54(58)53(39)44/h24-25,28,37-43,46-48,51-52,54-57,59-60,69,74-76,78-81H,5-23,26-27,29-36H2,1-4H3,(H3,68,71,72). The van der Waals surface area contributed by atoms with Crippen LogP contribution in [0.5, 0.6) is 0 Å². The maximum absolute atomic E-state index is 16.3. The number of hydrogen-bond donors (Lipinski definition) is 10. The van der Waals surface area contributed by atoms with Crippen LogP contribution >= 0.6 is 21.6 Å². The summed E-state index contributed by atoms with van der Waals surface area (Å²) in [6, 6.07) is 0.0731. The van der Waals surface area contributed by atoms with E-state index >= 15 is 9.90 Å². The van der Waals surface area contributed by atoms with E-state index in [1.54, 1.807) is 23.6 Å². The van der Waals surface area contributed by atoms with E-state index in [1.807, 2.05) is 47.2 Å².